The summed E-state index contributed by atoms with van der Waals surface area (Å²) in [5.74, 6) is -0.506. The molecule has 1 aliphatic heterocycles. The molecule has 5 heteroatoms. The smallest absolute Gasteiger partial charge is 0.248 e. The van der Waals surface area contributed by atoms with Gasteiger partial charge in [-0.15, -0.1) is 0 Å². The summed E-state index contributed by atoms with van der Waals surface area (Å²) in [6, 6.07) is 21.8. The Morgan fingerprint density at radius 1 is 0.879 bits per heavy atom. The molecular formula is C28H30N2O3. The Hall–Kier alpha value is -3.44. The Labute approximate surface area is 195 Å². The van der Waals surface area contributed by atoms with Crippen molar-refractivity contribution in [3.05, 3.63) is 89.0 Å². The molecule has 0 unspecified atom stereocenters. The number of amides is 2. The van der Waals surface area contributed by atoms with Gasteiger partial charge in [-0.3, -0.25) is 9.59 Å². The maximum absolute atomic E-state index is 13.4. The van der Waals surface area contributed by atoms with Gasteiger partial charge in [-0.05, 0) is 74.1 Å². The van der Waals surface area contributed by atoms with Crippen molar-refractivity contribution in [3.8, 4) is 11.1 Å². The highest BCUT2D eigenvalue weighted by Gasteiger charge is 2.40. The van der Waals surface area contributed by atoms with Crippen LogP contribution in [0.5, 0.6) is 0 Å². The van der Waals surface area contributed by atoms with Crippen molar-refractivity contribution in [2.24, 2.45) is 11.1 Å². The third-order valence-corrected chi connectivity index (χ3v) is 6.41. The molecule has 0 radical (unpaired) electrons. The summed E-state index contributed by atoms with van der Waals surface area (Å²) < 4.78 is 5.57. The van der Waals surface area contributed by atoms with Crippen LogP contribution in [0.2, 0.25) is 0 Å². The van der Waals surface area contributed by atoms with Gasteiger partial charge in [0.05, 0.1) is 5.41 Å². The minimum Gasteiger partial charge on any atom is -0.381 e. The molecule has 5 nitrogen and oxygen atoms in total. The average Bonchev–Trinajstić information content (AvgIpc) is 2.80. The molecule has 170 valence electrons. The number of hydrogen-bond donors (Lipinski definition) is 2. The van der Waals surface area contributed by atoms with E-state index in [-0.39, 0.29) is 5.91 Å². The zero-order chi connectivity index (χ0) is 23.4. The van der Waals surface area contributed by atoms with Gasteiger partial charge in [0.25, 0.3) is 0 Å². The number of ether oxygens (including phenoxy) is 1. The molecule has 4 rings (SSSR count). The van der Waals surface area contributed by atoms with Gasteiger partial charge in [0.2, 0.25) is 11.8 Å². The fourth-order valence-corrected chi connectivity index (χ4v) is 4.57. The maximum Gasteiger partial charge on any atom is 0.248 e. The number of rotatable bonds is 6. The number of anilines is 1. The number of aryl methyl sites for hydroxylation is 2. The number of nitrogens with two attached hydrogens (primary N) is 1. The molecule has 1 fully saturated rings. The SMILES string of the molecule is Cc1cc(C)cc(-c2ccc(CC3(C(=O)Nc4ccc(C(N)=O)cc4)CCOCC3)cc2)c1. The van der Waals surface area contributed by atoms with E-state index < -0.39 is 11.3 Å². The Morgan fingerprint density at radius 3 is 2.06 bits per heavy atom. The molecule has 3 N–H and O–H groups in total. The second-order valence-electron chi connectivity index (χ2n) is 9.04. The van der Waals surface area contributed by atoms with E-state index >= 15 is 0 Å². The van der Waals surface area contributed by atoms with Crippen molar-refractivity contribution >= 4 is 17.5 Å². The molecule has 3 aromatic carbocycles. The number of carbonyl (C=O) groups is 2. The topological polar surface area (TPSA) is 81.4 Å². The zero-order valence-electron chi connectivity index (χ0n) is 19.2. The minimum atomic E-state index is -0.540. The van der Waals surface area contributed by atoms with Crippen molar-refractivity contribution in [1.29, 1.82) is 0 Å². The van der Waals surface area contributed by atoms with E-state index in [0.29, 0.717) is 43.7 Å². The van der Waals surface area contributed by atoms with Gasteiger partial charge in [0.1, 0.15) is 0 Å². The molecular weight excluding hydrogens is 412 g/mol. The Bertz CT molecular complexity index is 1120. The van der Waals surface area contributed by atoms with Gasteiger partial charge in [0, 0.05) is 24.5 Å². The lowest BCUT2D eigenvalue weighted by atomic mass is 9.74. The third kappa shape index (κ3) is 5.32. The molecule has 3 aromatic rings. The van der Waals surface area contributed by atoms with Crippen LogP contribution < -0.4 is 11.1 Å². The quantitative estimate of drug-likeness (QED) is 0.561. The van der Waals surface area contributed by atoms with Crippen LogP contribution in [0.25, 0.3) is 11.1 Å². The molecule has 0 saturated carbocycles. The van der Waals surface area contributed by atoms with Crippen LogP contribution in [0.3, 0.4) is 0 Å². The van der Waals surface area contributed by atoms with Gasteiger partial charge >= 0.3 is 0 Å². The summed E-state index contributed by atoms with van der Waals surface area (Å²) in [7, 11) is 0. The first-order valence-corrected chi connectivity index (χ1v) is 11.3. The van der Waals surface area contributed by atoms with Gasteiger partial charge in [-0.2, -0.15) is 0 Å². The lowest BCUT2D eigenvalue weighted by molar-refractivity contribution is -0.131. The van der Waals surface area contributed by atoms with Crippen LogP contribution in [0.15, 0.2) is 66.7 Å². The van der Waals surface area contributed by atoms with Crippen molar-refractivity contribution in [2.75, 3.05) is 18.5 Å². The number of benzene rings is 3. The molecule has 0 bridgehead atoms. The zero-order valence-corrected chi connectivity index (χ0v) is 19.2. The van der Waals surface area contributed by atoms with E-state index in [1.165, 1.54) is 22.3 Å². The summed E-state index contributed by atoms with van der Waals surface area (Å²) in [6.07, 6.45) is 1.97. The van der Waals surface area contributed by atoms with E-state index in [4.69, 9.17) is 10.5 Å². The molecule has 1 heterocycles. The van der Waals surface area contributed by atoms with E-state index in [1.54, 1.807) is 24.3 Å². The number of primary amides is 1. The van der Waals surface area contributed by atoms with Crippen molar-refractivity contribution in [1.82, 2.24) is 0 Å². The second kappa shape index (κ2) is 9.59. The monoisotopic (exact) mass is 442 g/mol. The Kier molecular flexibility index (Phi) is 6.61. The molecule has 1 saturated heterocycles. The molecule has 2 amide bonds. The number of carbonyl (C=O) groups excluding carboxylic acids is 2. The number of hydrogen-bond acceptors (Lipinski definition) is 3. The minimum absolute atomic E-state index is 0.0176. The van der Waals surface area contributed by atoms with Crippen molar-refractivity contribution in [2.45, 2.75) is 33.1 Å². The first-order valence-electron chi connectivity index (χ1n) is 11.3. The predicted molar refractivity (Wildman–Crippen MR) is 131 cm³/mol. The first kappa shape index (κ1) is 22.7. The first-order chi connectivity index (χ1) is 15.8. The van der Waals surface area contributed by atoms with E-state index in [2.05, 4.69) is 61.6 Å². The van der Waals surface area contributed by atoms with Gasteiger partial charge in [-0.1, -0.05) is 53.6 Å². The summed E-state index contributed by atoms with van der Waals surface area (Å²) in [6.45, 7) is 5.35. The largest absolute Gasteiger partial charge is 0.381 e. The lowest BCUT2D eigenvalue weighted by Crippen LogP contribution is -2.42. The Balaban J connectivity index is 1.53. The maximum atomic E-state index is 13.4. The standard InChI is InChI=1S/C28H30N2O3/c1-19-15-20(2)17-24(16-19)22-5-3-21(4-6-22)18-28(11-13-33-14-12-28)27(32)30-25-9-7-23(8-10-25)26(29)31/h3-10,15-17H,11-14,18H2,1-2H3,(H2,29,31)(H,30,32). The number of nitrogens with one attached hydrogen (secondary N) is 1. The van der Waals surface area contributed by atoms with E-state index in [1.807, 2.05) is 0 Å². The highest BCUT2D eigenvalue weighted by Crippen LogP contribution is 2.36. The van der Waals surface area contributed by atoms with Crippen LogP contribution in [0.4, 0.5) is 5.69 Å². The molecule has 0 atom stereocenters. The molecule has 0 aliphatic carbocycles. The highest BCUT2D eigenvalue weighted by atomic mass is 16.5. The van der Waals surface area contributed by atoms with Crippen molar-refractivity contribution in [3.63, 3.8) is 0 Å². The lowest BCUT2D eigenvalue weighted by Gasteiger charge is -2.36. The Morgan fingerprint density at radius 2 is 1.48 bits per heavy atom. The van der Waals surface area contributed by atoms with Crippen LogP contribution in [0, 0.1) is 19.3 Å². The second-order valence-corrected chi connectivity index (χ2v) is 9.04. The summed E-state index contributed by atoms with van der Waals surface area (Å²) in [4.78, 5) is 24.7. The fourth-order valence-electron chi connectivity index (χ4n) is 4.57. The van der Waals surface area contributed by atoms with E-state index in [0.717, 1.165) is 5.56 Å². The normalized spacial score (nSPS) is 15.1. The average molecular weight is 443 g/mol. The van der Waals surface area contributed by atoms with Gasteiger partial charge in [-0.25, -0.2) is 0 Å². The summed E-state index contributed by atoms with van der Waals surface area (Å²) >= 11 is 0. The van der Waals surface area contributed by atoms with Crippen molar-refractivity contribution < 1.29 is 14.3 Å². The highest BCUT2D eigenvalue weighted by molar-refractivity contribution is 5.97. The summed E-state index contributed by atoms with van der Waals surface area (Å²) in [5.41, 5.74) is 11.8. The van der Waals surface area contributed by atoms with E-state index in [9.17, 15) is 9.59 Å². The molecule has 0 spiro atoms. The third-order valence-electron chi connectivity index (χ3n) is 6.41. The van der Waals surface area contributed by atoms with Gasteiger partial charge in [0.15, 0.2) is 0 Å². The van der Waals surface area contributed by atoms with Crippen LogP contribution in [-0.2, 0) is 16.0 Å². The molecule has 0 aromatic heterocycles. The molecule has 1 aliphatic rings. The summed E-state index contributed by atoms with van der Waals surface area (Å²) in [5, 5.41) is 3.04. The van der Waals surface area contributed by atoms with Crippen LogP contribution in [-0.4, -0.2) is 25.0 Å². The van der Waals surface area contributed by atoms with Crippen LogP contribution in [0.1, 0.15) is 39.9 Å². The predicted octanol–water partition coefficient (Wildman–Crippen LogP) is 5.05. The fraction of sp³-hybridized carbons (Fsp3) is 0.286. The molecule has 33 heavy (non-hydrogen) atoms. The van der Waals surface area contributed by atoms with Crippen LogP contribution >= 0.6 is 0 Å². The van der Waals surface area contributed by atoms with Gasteiger partial charge < -0.3 is 15.8 Å².